The van der Waals surface area contributed by atoms with Crippen molar-refractivity contribution in [2.75, 3.05) is 38.2 Å². The molecule has 8 nitrogen and oxygen atoms in total. The normalized spacial score (nSPS) is 14.4. The van der Waals surface area contributed by atoms with Crippen LogP contribution in [-0.2, 0) is 16.6 Å². The Labute approximate surface area is 259 Å². The molecule has 1 atom stereocenters. The molecule has 1 aromatic carbocycles. The van der Waals surface area contributed by atoms with Crippen molar-refractivity contribution < 1.29 is 78.4 Å². The van der Waals surface area contributed by atoms with Crippen LogP contribution >= 0.6 is 0 Å². The van der Waals surface area contributed by atoms with Crippen molar-refractivity contribution in [2.24, 2.45) is 7.05 Å². The molecule has 1 amide bonds. The van der Waals surface area contributed by atoms with Gasteiger partial charge in [-0.15, -0.1) is 0 Å². The maximum absolute atomic E-state index is 13.1. The summed E-state index contributed by atoms with van der Waals surface area (Å²) in [6, 6.07) is 13.9. The second kappa shape index (κ2) is 11.9. The molecule has 4 heterocycles. The molecular weight excluding hydrogens is 549 g/mol. The molecule has 0 spiro atoms. The number of ether oxygens (including phenoxy) is 1. The Bertz CT molecular complexity index is 1230. The number of benzene rings is 1. The molecule has 0 N–H and O–H groups in total. The molecule has 34 heavy (non-hydrogen) atoms. The molecular formula is C25H29CsN6O2. The number of nitrogens with zero attached hydrogens (tertiary/aromatic N) is 6. The zero-order valence-electron chi connectivity index (χ0n) is 20.3. The summed E-state index contributed by atoms with van der Waals surface area (Å²) in [5.74, 6) is 0.0133. The van der Waals surface area contributed by atoms with Gasteiger partial charge in [0.15, 0.2) is 6.10 Å². The molecule has 1 aliphatic rings. The quantitative estimate of drug-likeness (QED) is 0.318. The van der Waals surface area contributed by atoms with Gasteiger partial charge < -0.3 is 22.0 Å². The first-order valence-electron chi connectivity index (χ1n) is 10.7. The first-order chi connectivity index (χ1) is 15.6. The van der Waals surface area contributed by atoms with E-state index in [-0.39, 0.29) is 82.2 Å². The van der Waals surface area contributed by atoms with Gasteiger partial charge in [0.05, 0.1) is 23.6 Å². The molecule has 9 heteroatoms. The van der Waals surface area contributed by atoms with E-state index in [9.17, 15) is 4.79 Å². The van der Waals surface area contributed by atoms with Gasteiger partial charge in [0, 0.05) is 63.9 Å². The van der Waals surface area contributed by atoms with Crippen LogP contribution in [0.1, 0.15) is 11.7 Å². The third-order valence-corrected chi connectivity index (χ3v) is 6.03. The maximum atomic E-state index is 13.1. The van der Waals surface area contributed by atoms with Gasteiger partial charge in [0.25, 0.3) is 5.91 Å². The molecule has 172 valence electrons. The largest absolute Gasteiger partial charge is 1.00 e. The van der Waals surface area contributed by atoms with Crippen molar-refractivity contribution in [1.29, 1.82) is 0 Å². The van der Waals surface area contributed by atoms with Gasteiger partial charge >= 0.3 is 68.9 Å². The summed E-state index contributed by atoms with van der Waals surface area (Å²) in [7, 11) is 3.50. The van der Waals surface area contributed by atoms with Gasteiger partial charge in [0.1, 0.15) is 0 Å². The van der Waals surface area contributed by atoms with Crippen molar-refractivity contribution in [3.63, 3.8) is 0 Å². The molecule has 3 aromatic heterocycles. The van der Waals surface area contributed by atoms with E-state index in [0.29, 0.717) is 13.1 Å². The number of anilines is 1. The number of hydrogen-bond acceptors (Lipinski definition) is 5. The number of carbonyl (C=O) groups is 1. The Balaban J connectivity index is 0.00000162. The van der Waals surface area contributed by atoms with Crippen LogP contribution in [0.15, 0.2) is 67.3 Å². The summed E-state index contributed by atoms with van der Waals surface area (Å²) in [5, 5.41) is 8.82. The summed E-state index contributed by atoms with van der Waals surface area (Å²) in [4.78, 5) is 17.3. The Morgan fingerprint density at radius 1 is 0.941 bits per heavy atom. The number of fused-ring (bicyclic) bond motifs is 1. The van der Waals surface area contributed by atoms with E-state index < -0.39 is 6.10 Å². The second-order valence-corrected chi connectivity index (χ2v) is 8.02. The Kier molecular flexibility index (Phi) is 9.44. The predicted molar refractivity (Wildman–Crippen MR) is 129 cm³/mol. The van der Waals surface area contributed by atoms with Gasteiger partial charge in [-0.3, -0.25) is 9.48 Å². The van der Waals surface area contributed by atoms with E-state index in [0.717, 1.165) is 41.0 Å². The summed E-state index contributed by atoms with van der Waals surface area (Å²) in [6.07, 6.45) is 7.21. The molecule has 0 bridgehead atoms. The van der Waals surface area contributed by atoms with Crippen LogP contribution in [-0.4, -0.2) is 63.5 Å². The topological polar surface area (TPSA) is 67.9 Å². The number of pyridine rings is 1. The molecule has 1 aliphatic heterocycles. The van der Waals surface area contributed by atoms with Crippen molar-refractivity contribution in [3.05, 3.63) is 80.2 Å². The third kappa shape index (κ3) is 5.46. The fraction of sp³-hybridized carbons (Fsp3) is 0.280. The third-order valence-electron chi connectivity index (χ3n) is 6.03. The van der Waals surface area contributed by atoms with Crippen LogP contribution in [0.5, 0.6) is 0 Å². The van der Waals surface area contributed by atoms with E-state index in [1.807, 2.05) is 71.6 Å². The minimum absolute atomic E-state index is 0. The number of aryl methyl sites for hydroxylation is 1. The van der Waals surface area contributed by atoms with Crippen LogP contribution in [0.25, 0.3) is 16.6 Å². The zero-order chi connectivity index (χ0) is 22.1. The number of piperazine rings is 1. The number of carbonyl (C=O) groups excluding carboxylic acids is 1. The van der Waals surface area contributed by atoms with Gasteiger partial charge in [-0.25, -0.2) is 4.52 Å². The molecule has 5 rings (SSSR count). The molecule has 0 aliphatic carbocycles. The first-order valence-corrected chi connectivity index (χ1v) is 10.7. The van der Waals surface area contributed by atoms with Gasteiger partial charge in [-0.1, -0.05) is 36.4 Å². The molecule has 0 saturated carbocycles. The van der Waals surface area contributed by atoms with Gasteiger partial charge in [-0.2, -0.15) is 10.2 Å². The average Bonchev–Trinajstić information content (AvgIpc) is 3.46. The molecule has 0 radical (unpaired) electrons. The summed E-state index contributed by atoms with van der Waals surface area (Å²) >= 11 is 0. The van der Waals surface area contributed by atoms with Crippen molar-refractivity contribution in [2.45, 2.75) is 6.10 Å². The fourth-order valence-electron chi connectivity index (χ4n) is 4.30. The molecule has 1 unspecified atom stereocenters. The van der Waals surface area contributed by atoms with Crippen LogP contribution in [0, 0.1) is 7.43 Å². The Morgan fingerprint density at radius 3 is 2.32 bits per heavy atom. The van der Waals surface area contributed by atoms with Crippen molar-refractivity contribution in [1.82, 2.24) is 24.3 Å². The zero-order valence-corrected chi connectivity index (χ0v) is 26.5. The van der Waals surface area contributed by atoms with E-state index >= 15 is 0 Å². The van der Waals surface area contributed by atoms with E-state index in [4.69, 9.17) is 4.74 Å². The maximum Gasteiger partial charge on any atom is 1.00 e. The molecule has 1 fully saturated rings. The van der Waals surface area contributed by atoms with Crippen LogP contribution < -0.4 is 73.8 Å². The standard InChI is InChI=1S/C24H26N6O2.CH3.Cs/c1-27-16-20(14-25-27)19-8-9-21-22(15-26-30(21)17-19)28-10-12-29(13-11-28)24(31)23(32-2)18-6-4-3-5-7-18;;/h3-9,14-17,23H,10-13H2,1-2H3;1H3;/q;-1;+1. The average molecular weight is 578 g/mol. The van der Waals surface area contributed by atoms with Gasteiger partial charge in [0.2, 0.25) is 0 Å². The Morgan fingerprint density at radius 2 is 1.68 bits per heavy atom. The Hall–Kier alpha value is -1.60. The number of hydrogen-bond donors (Lipinski definition) is 0. The van der Waals surface area contributed by atoms with Crippen LogP contribution in [0.2, 0.25) is 0 Å². The fourth-order valence-corrected chi connectivity index (χ4v) is 4.30. The minimum atomic E-state index is -0.564. The number of rotatable bonds is 5. The van der Waals surface area contributed by atoms with Crippen LogP contribution in [0.3, 0.4) is 0 Å². The van der Waals surface area contributed by atoms with E-state index in [1.165, 1.54) is 0 Å². The summed E-state index contributed by atoms with van der Waals surface area (Å²) in [5.41, 5.74) is 5.15. The second-order valence-electron chi connectivity index (χ2n) is 8.02. The monoisotopic (exact) mass is 578 g/mol. The smallest absolute Gasteiger partial charge is 0.367 e. The number of methoxy groups -OCH3 is 1. The first kappa shape index (κ1) is 27.0. The predicted octanol–water partition coefficient (Wildman–Crippen LogP) is 0.225. The molecule has 1 saturated heterocycles. The van der Waals surface area contributed by atoms with E-state index in [2.05, 4.69) is 27.2 Å². The minimum Gasteiger partial charge on any atom is -0.367 e. The van der Waals surface area contributed by atoms with Crippen LogP contribution in [0.4, 0.5) is 5.69 Å². The molecule has 4 aromatic rings. The summed E-state index contributed by atoms with van der Waals surface area (Å²) < 4.78 is 9.23. The van der Waals surface area contributed by atoms with Crippen molar-refractivity contribution in [3.8, 4) is 11.1 Å². The number of amides is 1. The SMILES string of the molecule is COC(C(=O)N1CCN(c2cnn3cc(-c4cnn(C)c4)ccc23)CC1)c1ccccc1.[CH3-].[Cs+]. The van der Waals surface area contributed by atoms with E-state index in [1.54, 1.807) is 11.8 Å². The van der Waals surface area contributed by atoms with Gasteiger partial charge in [-0.05, 0) is 11.6 Å². The number of aromatic nitrogens is 4. The van der Waals surface area contributed by atoms with Crippen molar-refractivity contribution >= 4 is 17.1 Å². The summed E-state index contributed by atoms with van der Waals surface area (Å²) in [6.45, 7) is 2.80.